The Bertz CT molecular complexity index is 503. The van der Waals surface area contributed by atoms with Gasteiger partial charge in [0.15, 0.2) is 11.5 Å². The summed E-state index contributed by atoms with van der Waals surface area (Å²) in [6.45, 7) is 6.20. The first-order valence-electron chi connectivity index (χ1n) is 6.24. The van der Waals surface area contributed by atoms with E-state index in [0.717, 1.165) is 6.42 Å². The van der Waals surface area contributed by atoms with Crippen LogP contribution in [0.5, 0.6) is 0 Å². The number of nitrogen functional groups attached to an aromatic ring is 1. The van der Waals surface area contributed by atoms with Crippen molar-refractivity contribution in [2.24, 2.45) is 5.41 Å². The molecule has 2 atom stereocenters. The highest BCUT2D eigenvalue weighted by Crippen LogP contribution is 2.51. The molecule has 3 N–H and O–H groups in total. The first-order valence-corrected chi connectivity index (χ1v) is 6.24. The second-order valence-corrected chi connectivity index (χ2v) is 5.68. The van der Waals surface area contributed by atoms with E-state index in [9.17, 15) is 4.79 Å². The van der Waals surface area contributed by atoms with Gasteiger partial charge in [-0.3, -0.25) is 4.79 Å². The lowest BCUT2D eigenvalue weighted by molar-refractivity contribution is -0.177. The van der Waals surface area contributed by atoms with E-state index in [1.165, 1.54) is 12.4 Å². The molecule has 1 saturated carbocycles. The lowest BCUT2D eigenvalue weighted by Gasteiger charge is -2.59. The SMILES string of the molecule is CO[C@@]1(C)C[C@@H](NC(=O)c2nccnc2N)C1(C)C. The Balaban J connectivity index is 2.09. The molecule has 1 heterocycles. The lowest BCUT2D eigenvalue weighted by atomic mass is 9.56. The predicted octanol–water partition coefficient (Wildman–Crippen LogP) is 0.992. The Labute approximate surface area is 112 Å². The number of ether oxygens (including phenoxy) is 1. The van der Waals surface area contributed by atoms with Crippen molar-refractivity contribution in [2.45, 2.75) is 38.8 Å². The third kappa shape index (κ3) is 2.06. The molecule has 0 aliphatic heterocycles. The van der Waals surface area contributed by atoms with E-state index in [-0.39, 0.29) is 34.5 Å². The fourth-order valence-corrected chi connectivity index (χ4v) is 2.47. The zero-order valence-corrected chi connectivity index (χ0v) is 11.7. The van der Waals surface area contributed by atoms with Gasteiger partial charge in [-0.25, -0.2) is 9.97 Å². The molecule has 6 heteroatoms. The minimum Gasteiger partial charge on any atom is -0.382 e. The van der Waals surface area contributed by atoms with E-state index in [1.807, 2.05) is 6.92 Å². The number of amides is 1. The normalized spacial score (nSPS) is 28.5. The molecule has 6 nitrogen and oxygen atoms in total. The van der Waals surface area contributed by atoms with Crippen molar-refractivity contribution in [3.63, 3.8) is 0 Å². The fraction of sp³-hybridized carbons (Fsp3) is 0.615. The summed E-state index contributed by atoms with van der Waals surface area (Å²) in [4.78, 5) is 19.9. The maximum atomic E-state index is 12.1. The highest BCUT2D eigenvalue weighted by molar-refractivity contribution is 5.96. The lowest BCUT2D eigenvalue weighted by Crippen LogP contribution is -2.68. The van der Waals surface area contributed by atoms with Gasteiger partial charge in [0.2, 0.25) is 0 Å². The zero-order valence-electron chi connectivity index (χ0n) is 11.7. The van der Waals surface area contributed by atoms with Crippen LogP contribution in [0.1, 0.15) is 37.7 Å². The highest BCUT2D eigenvalue weighted by atomic mass is 16.5. The van der Waals surface area contributed by atoms with E-state index in [4.69, 9.17) is 10.5 Å². The van der Waals surface area contributed by atoms with Crippen LogP contribution in [0.3, 0.4) is 0 Å². The Morgan fingerprint density at radius 3 is 2.58 bits per heavy atom. The molecule has 0 spiro atoms. The molecule has 1 fully saturated rings. The molecule has 1 aliphatic carbocycles. The predicted molar refractivity (Wildman–Crippen MR) is 71.5 cm³/mol. The Morgan fingerprint density at radius 2 is 2.05 bits per heavy atom. The van der Waals surface area contributed by atoms with Gasteiger partial charge < -0.3 is 15.8 Å². The van der Waals surface area contributed by atoms with Gasteiger partial charge in [-0.1, -0.05) is 13.8 Å². The van der Waals surface area contributed by atoms with Gasteiger partial charge in [0, 0.05) is 31.0 Å². The van der Waals surface area contributed by atoms with Crippen LogP contribution in [0.15, 0.2) is 12.4 Å². The Hall–Kier alpha value is -1.69. The van der Waals surface area contributed by atoms with Gasteiger partial charge in [0.25, 0.3) is 5.91 Å². The van der Waals surface area contributed by atoms with Crippen molar-refractivity contribution in [3.05, 3.63) is 18.1 Å². The first-order chi connectivity index (χ1) is 8.82. The molecule has 0 unspecified atom stereocenters. The molecule has 0 radical (unpaired) electrons. The number of hydrogen-bond donors (Lipinski definition) is 2. The number of aromatic nitrogens is 2. The van der Waals surface area contributed by atoms with Crippen molar-refractivity contribution in [2.75, 3.05) is 12.8 Å². The van der Waals surface area contributed by atoms with Crippen molar-refractivity contribution < 1.29 is 9.53 Å². The van der Waals surface area contributed by atoms with Crippen LogP contribution in [0.4, 0.5) is 5.82 Å². The van der Waals surface area contributed by atoms with Crippen LogP contribution in [-0.2, 0) is 4.74 Å². The van der Waals surface area contributed by atoms with Crippen molar-refractivity contribution in [1.29, 1.82) is 0 Å². The van der Waals surface area contributed by atoms with Crippen LogP contribution in [0.25, 0.3) is 0 Å². The molecule has 1 aliphatic rings. The van der Waals surface area contributed by atoms with E-state index in [0.29, 0.717) is 0 Å². The fourth-order valence-electron chi connectivity index (χ4n) is 2.47. The molecular formula is C13H20N4O2. The number of rotatable bonds is 3. The van der Waals surface area contributed by atoms with Crippen LogP contribution in [0.2, 0.25) is 0 Å². The molecule has 0 bridgehead atoms. The summed E-state index contributed by atoms with van der Waals surface area (Å²) < 4.78 is 5.53. The Kier molecular flexibility index (Phi) is 3.22. The molecule has 19 heavy (non-hydrogen) atoms. The van der Waals surface area contributed by atoms with E-state index in [2.05, 4.69) is 29.1 Å². The van der Waals surface area contributed by atoms with Crippen molar-refractivity contribution in [3.8, 4) is 0 Å². The summed E-state index contributed by atoms with van der Waals surface area (Å²) >= 11 is 0. The number of carbonyl (C=O) groups excluding carboxylic acids is 1. The third-order valence-corrected chi connectivity index (χ3v) is 4.53. The molecule has 0 aromatic carbocycles. The van der Waals surface area contributed by atoms with Gasteiger partial charge in [-0.05, 0) is 13.3 Å². The van der Waals surface area contributed by atoms with Gasteiger partial charge >= 0.3 is 0 Å². The standard InChI is InChI=1S/C13H20N4O2/c1-12(2)8(7-13(12,3)19-4)17-11(18)9-10(14)16-6-5-15-9/h5-6,8H,7H2,1-4H3,(H2,14,16)(H,17,18)/t8-,13+/m1/s1. The van der Waals surface area contributed by atoms with E-state index in [1.54, 1.807) is 7.11 Å². The average Bonchev–Trinajstić information content (AvgIpc) is 2.38. The minimum absolute atomic E-state index is 0.0337. The number of hydrogen-bond acceptors (Lipinski definition) is 5. The molecule has 1 amide bonds. The first kappa shape index (κ1) is 13.7. The molecule has 1 aromatic rings. The summed E-state index contributed by atoms with van der Waals surface area (Å²) in [7, 11) is 1.69. The molecular weight excluding hydrogens is 244 g/mol. The van der Waals surface area contributed by atoms with Crippen molar-refractivity contribution in [1.82, 2.24) is 15.3 Å². The van der Waals surface area contributed by atoms with Crippen LogP contribution >= 0.6 is 0 Å². The summed E-state index contributed by atoms with van der Waals surface area (Å²) in [5.41, 5.74) is 5.45. The number of nitrogens with two attached hydrogens (primary N) is 1. The number of anilines is 1. The van der Waals surface area contributed by atoms with Gasteiger partial charge in [0.1, 0.15) is 0 Å². The maximum absolute atomic E-state index is 12.1. The van der Waals surface area contributed by atoms with Crippen molar-refractivity contribution >= 4 is 11.7 Å². The number of methoxy groups -OCH3 is 1. The molecule has 104 valence electrons. The van der Waals surface area contributed by atoms with Crippen LogP contribution in [0, 0.1) is 5.41 Å². The number of carbonyl (C=O) groups is 1. The van der Waals surface area contributed by atoms with Crippen LogP contribution < -0.4 is 11.1 Å². The van der Waals surface area contributed by atoms with Gasteiger partial charge in [0.05, 0.1) is 5.60 Å². The van der Waals surface area contributed by atoms with E-state index < -0.39 is 0 Å². The summed E-state index contributed by atoms with van der Waals surface area (Å²) in [6, 6.07) is 0.0337. The summed E-state index contributed by atoms with van der Waals surface area (Å²) in [5.74, 6) is -0.145. The van der Waals surface area contributed by atoms with Crippen LogP contribution in [-0.4, -0.2) is 34.6 Å². The molecule has 2 rings (SSSR count). The van der Waals surface area contributed by atoms with Gasteiger partial charge in [-0.15, -0.1) is 0 Å². The average molecular weight is 264 g/mol. The minimum atomic E-state index is -0.290. The molecule has 0 saturated heterocycles. The largest absolute Gasteiger partial charge is 0.382 e. The summed E-state index contributed by atoms with van der Waals surface area (Å²) in [6.07, 6.45) is 3.68. The molecule has 1 aromatic heterocycles. The third-order valence-electron chi connectivity index (χ3n) is 4.53. The number of nitrogens with one attached hydrogen (secondary N) is 1. The van der Waals surface area contributed by atoms with E-state index >= 15 is 0 Å². The Morgan fingerprint density at radius 1 is 1.42 bits per heavy atom. The van der Waals surface area contributed by atoms with Gasteiger partial charge in [-0.2, -0.15) is 0 Å². The second kappa shape index (κ2) is 4.45. The second-order valence-electron chi connectivity index (χ2n) is 5.68. The highest BCUT2D eigenvalue weighted by Gasteiger charge is 2.58. The maximum Gasteiger partial charge on any atom is 0.273 e. The smallest absolute Gasteiger partial charge is 0.273 e. The zero-order chi connectivity index (χ0) is 14.3. The monoisotopic (exact) mass is 264 g/mol. The topological polar surface area (TPSA) is 90.1 Å². The number of nitrogens with zero attached hydrogens (tertiary/aromatic N) is 2. The summed E-state index contributed by atoms with van der Waals surface area (Å²) in [5, 5.41) is 2.95. The quantitative estimate of drug-likeness (QED) is 0.849.